The second-order valence-corrected chi connectivity index (χ2v) is 2.82. The number of aldehydes is 1. The summed E-state index contributed by atoms with van der Waals surface area (Å²) in [6, 6.07) is 0. The van der Waals surface area contributed by atoms with Gasteiger partial charge in [-0.1, -0.05) is 0 Å². The van der Waals surface area contributed by atoms with Crippen LogP contribution >= 0.6 is 0 Å². The minimum atomic E-state index is -4.30. The molecule has 0 N–H and O–H groups in total. The molecule has 0 radical (unpaired) electrons. The summed E-state index contributed by atoms with van der Waals surface area (Å²) in [5.74, 6) is 0. The van der Waals surface area contributed by atoms with Crippen LogP contribution in [0.3, 0.4) is 0 Å². The summed E-state index contributed by atoms with van der Waals surface area (Å²) in [7, 11) is 1.16. The smallest absolute Gasteiger partial charge is 0.378 e. The second-order valence-electron chi connectivity index (χ2n) is 2.82. The van der Waals surface area contributed by atoms with Crippen LogP contribution < -0.4 is 0 Å². The summed E-state index contributed by atoms with van der Waals surface area (Å²) in [4.78, 5) is 10.0. The first kappa shape index (κ1) is 11.4. The Kier molecular flexibility index (Phi) is 3.70. The summed E-state index contributed by atoms with van der Waals surface area (Å²) in [5, 5.41) is 0. The van der Waals surface area contributed by atoms with Crippen molar-refractivity contribution in [2.75, 3.05) is 7.11 Å². The maximum absolute atomic E-state index is 11.9. The van der Waals surface area contributed by atoms with Gasteiger partial charge in [0.15, 0.2) is 0 Å². The van der Waals surface area contributed by atoms with Crippen LogP contribution in [0.1, 0.15) is 19.8 Å². The molecule has 0 aliphatic rings. The fourth-order valence-corrected chi connectivity index (χ4v) is 0.828. The summed E-state index contributed by atoms with van der Waals surface area (Å²) >= 11 is 0. The molecule has 1 atom stereocenters. The van der Waals surface area contributed by atoms with Crippen molar-refractivity contribution in [1.29, 1.82) is 0 Å². The van der Waals surface area contributed by atoms with Crippen LogP contribution in [-0.4, -0.2) is 25.2 Å². The molecule has 0 heterocycles. The van der Waals surface area contributed by atoms with Crippen LogP contribution in [0.25, 0.3) is 0 Å². The molecule has 0 saturated heterocycles. The summed E-state index contributed by atoms with van der Waals surface area (Å²) in [6.45, 7) is 1.26. The highest BCUT2D eigenvalue weighted by Gasteiger charge is 2.39. The standard InChI is InChI=1S/C7H11F3O2/c1-6(12-2,3-4-11)5-7(8,9)10/h4H,3,5H2,1-2H3. The van der Waals surface area contributed by atoms with Crippen molar-refractivity contribution in [2.24, 2.45) is 0 Å². The molecule has 0 aromatic rings. The highest BCUT2D eigenvalue weighted by Crippen LogP contribution is 2.30. The van der Waals surface area contributed by atoms with Crippen LogP contribution in [0.4, 0.5) is 13.2 Å². The number of carbonyl (C=O) groups is 1. The maximum Gasteiger partial charge on any atom is 0.391 e. The van der Waals surface area contributed by atoms with Crippen LogP contribution in [-0.2, 0) is 9.53 Å². The normalized spacial score (nSPS) is 17.1. The SMILES string of the molecule is COC(C)(CC=O)CC(F)(F)F. The molecule has 0 aromatic heterocycles. The Morgan fingerprint density at radius 3 is 2.17 bits per heavy atom. The Morgan fingerprint density at radius 1 is 1.42 bits per heavy atom. The molecule has 0 aliphatic heterocycles. The van der Waals surface area contributed by atoms with Gasteiger partial charge < -0.3 is 9.53 Å². The lowest BCUT2D eigenvalue weighted by Gasteiger charge is -2.26. The molecule has 0 fully saturated rings. The average Bonchev–Trinajstić information content (AvgIpc) is 1.84. The highest BCUT2D eigenvalue weighted by atomic mass is 19.4. The first-order chi connectivity index (χ1) is 5.33. The lowest BCUT2D eigenvalue weighted by atomic mass is 9.98. The van der Waals surface area contributed by atoms with Gasteiger partial charge in [0.2, 0.25) is 0 Å². The number of carbonyl (C=O) groups excluding carboxylic acids is 1. The fourth-order valence-electron chi connectivity index (χ4n) is 0.828. The van der Waals surface area contributed by atoms with Gasteiger partial charge in [0.05, 0.1) is 12.0 Å². The molecule has 0 amide bonds. The van der Waals surface area contributed by atoms with E-state index in [-0.39, 0.29) is 6.42 Å². The summed E-state index contributed by atoms with van der Waals surface area (Å²) < 4.78 is 40.2. The zero-order valence-electron chi connectivity index (χ0n) is 6.94. The Labute approximate surface area is 68.7 Å². The van der Waals surface area contributed by atoms with Crippen molar-refractivity contribution in [3.63, 3.8) is 0 Å². The van der Waals surface area contributed by atoms with Crippen LogP contribution in [0.5, 0.6) is 0 Å². The molecular formula is C7H11F3O2. The van der Waals surface area contributed by atoms with Crippen LogP contribution in [0.15, 0.2) is 0 Å². The van der Waals surface area contributed by atoms with Gasteiger partial charge in [-0.15, -0.1) is 0 Å². The molecular weight excluding hydrogens is 173 g/mol. The number of methoxy groups -OCH3 is 1. The van der Waals surface area contributed by atoms with Gasteiger partial charge >= 0.3 is 6.18 Å². The van der Waals surface area contributed by atoms with E-state index < -0.39 is 18.2 Å². The van der Waals surface area contributed by atoms with Gasteiger partial charge in [-0.25, -0.2) is 0 Å². The molecule has 0 bridgehead atoms. The van der Waals surface area contributed by atoms with Gasteiger partial charge in [0.25, 0.3) is 0 Å². The van der Waals surface area contributed by atoms with E-state index in [0.29, 0.717) is 6.29 Å². The van der Waals surface area contributed by atoms with E-state index in [2.05, 4.69) is 4.74 Å². The van der Waals surface area contributed by atoms with E-state index in [1.807, 2.05) is 0 Å². The predicted molar refractivity (Wildman–Crippen MR) is 36.8 cm³/mol. The predicted octanol–water partition coefficient (Wildman–Crippen LogP) is 1.93. The Morgan fingerprint density at radius 2 is 1.92 bits per heavy atom. The van der Waals surface area contributed by atoms with E-state index in [0.717, 1.165) is 7.11 Å². The van der Waals surface area contributed by atoms with Gasteiger partial charge in [-0.05, 0) is 6.92 Å². The van der Waals surface area contributed by atoms with Crippen molar-refractivity contribution in [2.45, 2.75) is 31.5 Å². The lowest BCUT2D eigenvalue weighted by Crippen LogP contribution is -2.34. The Hall–Kier alpha value is -0.580. The molecule has 0 aromatic carbocycles. The number of rotatable bonds is 4. The van der Waals surface area contributed by atoms with E-state index in [4.69, 9.17) is 0 Å². The molecule has 0 aliphatic carbocycles. The zero-order chi connectivity index (χ0) is 9.83. The molecule has 0 spiro atoms. The third kappa shape index (κ3) is 4.33. The van der Waals surface area contributed by atoms with E-state index in [1.54, 1.807) is 0 Å². The third-order valence-corrected chi connectivity index (χ3v) is 1.58. The zero-order valence-corrected chi connectivity index (χ0v) is 6.94. The van der Waals surface area contributed by atoms with Crippen molar-refractivity contribution < 1.29 is 22.7 Å². The van der Waals surface area contributed by atoms with Crippen molar-refractivity contribution in [3.05, 3.63) is 0 Å². The van der Waals surface area contributed by atoms with Gasteiger partial charge in [-0.3, -0.25) is 0 Å². The minimum Gasteiger partial charge on any atom is -0.378 e. The molecule has 5 heteroatoms. The topological polar surface area (TPSA) is 26.3 Å². The monoisotopic (exact) mass is 184 g/mol. The number of alkyl halides is 3. The maximum atomic E-state index is 11.9. The van der Waals surface area contributed by atoms with Crippen LogP contribution in [0.2, 0.25) is 0 Å². The first-order valence-electron chi connectivity index (χ1n) is 3.38. The molecule has 12 heavy (non-hydrogen) atoms. The lowest BCUT2D eigenvalue weighted by molar-refractivity contribution is -0.179. The second kappa shape index (κ2) is 3.89. The molecule has 72 valence electrons. The number of halogens is 3. The number of hydrogen-bond donors (Lipinski definition) is 0. The van der Waals surface area contributed by atoms with E-state index >= 15 is 0 Å². The summed E-state index contributed by atoms with van der Waals surface area (Å²) in [6.07, 6.45) is -5.22. The molecule has 0 rings (SSSR count). The Balaban J connectivity index is 4.23. The summed E-state index contributed by atoms with van der Waals surface area (Å²) in [5.41, 5.74) is -1.42. The molecule has 0 saturated carbocycles. The van der Waals surface area contributed by atoms with Crippen molar-refractivity contribution in [1.82, 2.24) is 0 Å². The highest BCUT2D eigenvalue weighted by molar-refractivity contribution is 5.51. The van der Waals surface area contributed by atoms with Crippen molar-refractivity contribution in [3.8, 4) is 0 Å². The number of hydrogen-bond acceptors (Lipinski definition) is 2. The minimum absolute atomic E-state index is 0.247. The first-order valence-corrected chi connectivity index (χ1v) is 3.38. The quantitative estimate of drug-likeness (QED) is 0.624. The molecule has 1 unspecified atom stereocenters. The Bertz CT molecular complexity index is 155. The fraction of sp³-hybridized carbons (Fsp3) is 0.857. The van der Waals surface area contributed by atoms with Gasteiger partial charge in [-0.2, -0.15) is 13.2 Å². The van der Waals surface area contributed by atoms with Crippen molar-refractivity contribution >= 4 is 6.29 Å². The van der Waals surface area contributed by atoms with Crippen LogP contribution in [0, 0.1) is 0 Å². The third-order valence-electron chi connectivity index (χ3n) is 1.58. The average molecular weight is 184 g/mol. The van der Waals surface area contributed by atoms with E-state index in [9.17, 15) is 18.0 Å². The van der Waals surface area contributed by atoms with Gasteiger partial charge in [0.1, 0.15) is 6.29 Å². The number of ether oxygens (including phenoxy) is 1. The molecule has 2 nitrogen and oxygen atoms in total. The largest absolute Gasteiger partial charge is 0.391 e. The van der Waals surface area contributed by atoms with E-state index in [1.165, 1.54) is 6.92 Å². The van der Waals surface area contributed by atoms with Gasteiger partial charge in [0, 0.05) is 13.5 Å².